The molecule has 4 nitrogen and oxygen atoms in total. The molecule has 0 aromatic heterocycles. The van der Waals surface area contributed by atoms with Crippen molar-refractivity contribution < 1.29 is 19.1 Å². The highest BCUT2D eigenvalue weighted by atomic mass is 16.5. The molecule has 4 heteroatoms. The third kappa shape index (κ3) is 8.55. The van der Waals surface area contributed by atoms with Gasteiger partial charge >= 0.3 is 5.97 Å². The van der Waals surface area contributed by atoms with E-state index in [1.54, 1.807) is 24.3 Å². The Hall–Kier alpha value is -3.40. The molecule has 0 amide bonds. The summed E-state index contributed by atoms with van der Waals surface area (Å²) in [6.45, 7) is 16.8. The molecular weight excluding hydrogens is 508 g/mol. The second-order valence-electron chi connectivity index (χ2n) is 12.5. The summed E-state index contributed by atoms with van der Waals surface area (Å²) in [5, 5.41) is 0. The van der Waals surface area contributed by atoms with Crippen molar-refractivity contribution in [1.29, 1.82) is 0 Å². The zero-order valence-corrected chi connectivity index (χ0v) is 26.3. The molecule has 0 N–H and O–H groups in total. The van der Waals surface area contributed by atoms with Crippen molar-refractivity contribution in [1.82, 2.24) is 0 Å². The molecule has 0 fully saturated rings. The summed E-state index contributed by atoms with van der Waals surface area (Å²) in [7, 11) is 0. The summed E-state index contributed by atoms with van der Waals surface area (Å²) in [6, 6.07) is 23.1. The molecule has 0 aliphatic carbocycles. The maximum atomic E-state index is 12.8. The average molecular weight is 557 g/mol. The molecule has 0 aliphatic heterocycles. The van der Waals surface area contributed by atoms with Crippen molar-refractivity contribution >= 4 is 11.8 Å². The van der Waals surface area contributed by atoms with Gasteiger partial charge in [-0.1, -0.05) is 90.8 Å². The zero-order valence-electron chi connectivity index (χ0n) is 26.3. The third-order valence-corrected chi connectivity index (χ3v) is 8.40. The van der Waals surface area contributed by atoms with Crippen LogP contribution in [-0.4, -0.2) is 17.4 Å². The number of ether oxygens (including phenoxy) is 2. The Balaban J connectivity index is 1.76. The Bertz CT molecular complexity index is 1270. The van der Waals surface area contributed by atoms with Gasteiger partial charge in [0.25, 0.3) is 0 Å². The van der Waals surface area contributed by atoms with E-state index in [1.807, 2.05) is 32.9 Å². The smallest absolute Gasteiger partial charge is 0.343 e. The highest BCUT2D eigenvalue weighted by Gasteiger charge is 2.27. The standard InChI is InChI=1S/C37H48O4/c1-9-12-13-26(4)33(28-20-24-32(25-21-28)41-37(7,8)11-3)27-18-22-31(23-19-27)40-35(39)30-16-14-29(15-17-30)34(38)36(5,6)10-2/h14-26,33H,9-13H2,1-8H3. The largest absolute Gasteiger partial charge is 0.488 e. The maximum Gasteiger partial charge on any atom is 0.343 e. The Labute approximate surface area is 247 Å². The Morgan fingerprint density at radius 2 is 1.22 bits per heavy atom. The van der Waals surface area contributed by atoms with Crippen molar-refractivity contribution in [3.63, 3.8) is 0 Å². The lowest BCUT2D eigenvalue weighted by atomic mass is 9.79. The number of Topliss-reactive ketones (excluding diaryl/α,β-unsaturated/α-hetero) is 1. The maximum absolute atomic E-state index is 12.8. The summed E-state index contributed by atoms with van der Waals surface area (Å²) in [5.74, 6) is 1.68. The van der Waals surface area contributed by atoms with Gasteiger partial charge in [-0.05, 0) is 86.6 Å². The summed E-state index contributed by atoms with van der Waals surface area (Å²) >= 11 is 0. The molecule has 0 saturated heterocycles. The molecule has 2 unspecified atom stereocenters. The predicted octanol–water partition coefficient (Wildman–Crippen LogP) is 10.1. The first-order chi connectivity index (χ1) is 19.4. The fraction of sp³-hybridized carbons (Fsp3) is 0.459. The van der Waals surface area contributed by atoms with Crippen molar-refractivity contribution in [3.8, 4) is 11.5 Å². The van der Waals surface area contributed by atoms with Crippen LogP contribution in [0.3, 0.4) is 0 Å². The fourth-order valence-electron chi connectivity index (χ4n) is 4.89. The molecule has 2 atom stereocenters. The van der Waals surface area contributed by atoms with E-state index in [0.717, 1.165) is 31.4 Å². The topological polar surface area (TPSA) is 52.6 Å². The highest BCUT2D eigenvalue weighted by molar-refractivity contribution is 6.01. The normalized spacial score (nSPS) is 13.4. The Morgan fingerprint density at radius 3 is 1.71 bits per heavy atom. The Kier molecular flexibility index (Phi) is 11.0. The van der Waals surface area contributed by atoms with Gasteiger partial charge in [-0.25, -0.2) is 4.79 Å². The molecule has 41 heavy (non-hydrogen) atoms. The van der Waals surface area contributed by atoms with E-state index < -0.39 is 11.4 Å². The van der Waals surface area contributed by atoms with E-state index >= 15 is 0 Å². The first-order valence-electron chi connectivity index (χ1n) is 15.2. The van der Waals surface area contributed by atoms with Gasteiger partial charge in [-0.3, -0.25) is 4.79 Å². The van der Waals surface area contributed by atoms with E-state index in [4.69, 9.17) is 9.47 Å². The SMILES string of the molecule is CCCCC(C)C(c1ccc(OC(=O)c2ccc(C(=O)C(C)(C)CC)cc2)cc1)c1ccc(OC(C)(C)CC)cc1. The molecule has 220 valence electrons. The van der Waals surface area contributed by atoms with Gasteiger partial charge in [0.2, 0.25) is 0 Å². The van der Waals surface area contributed by atoms with Gasteiger partial charge in [-0.15, -0.1) is 0 Å². The minimum Gasteiger partial charge on any atom is -0.488 e. The molecule has 3 aromatic rings. The highest BCUT2D eigenvalue weighted by Crippen LogP contribution is 2.37. The van der Waals surface area contributed by atoms with Gasteiger partial charge in [0.1, 0.15) is 17.1 Å². The molecular formula is C37H48O4. The monoisotopic (exact) mass is 556 g/mol. The Morgan fingerprint density at radius 1 is 0.707 bits per heavy atom. The summed E-state index contributed by atoms with van der Waals surface area (Å²) in [4.78, 5) is 25.6. The number of unbranched alkanes of at least 4 members (excludes halogenated alkanes) is 1. The number of ketones is 1. The van der Waals surface area contributed by atoms with Crippen molar-refractivity contribution in [2.24, 2.45) is 11.3 Å². The number of carbonyl (C=O) groups excluding carboxylic acids is 2. The molecule has 0 radical (unpaired) electrons. The van der Waals surface area contributed by atoms with Crippen molar-refractivity contribution in [3.05, 3.63) is 95.1 Å². The van der Waals surface area contributed by atoms with Gasteiger partial charge in [0, 0.05) is 16.9 Å². The minimum absolute atomic E-state index is 0.0742. The van der Waals surface area contributed by atoms with Crippen LogP contribution in [0.15, 0.2) is 72.8 Å². The van der Waals surface area contributed by atoms with Crippen LogP contribution in [0.25, 0.3) is 0 Å². The van der Waals surface area contributed by atoms with Crippen molar-refractivity contribution in [2.45, 2.75) is 99.0 Å². The number of benzene rings is 3. The summed E-state index contributed by atoms with van der Waals surface area (Å²) < 4.78 is 11.9. The molecule has 0 saturated carbocycles. The number of rotatable bonds is 14. The third-order valence-electron chi connectivity index (χ3n) is 8.40. The number of esters is 1. The first kappa shape index (κ1) is 32.1. The second kappa shape index (κ2) is 14.0. The van der Waals surface area contributed by atoms with Crippen LogP contribution in [-0.2, 0) is 0 Å². The molecule has 3 aromatic carbocycles. The van der Waals surface area contributed by atoms with Crippen molar-refractivity contribution in [2.75, 3.05) is 0 Å². The predicted molar refractivity (Wildman–Crippen MR) is 168 cm³/mol. The van der Waals surface area contributed by atoms with Gasteiger partial charge < -0.3 is 9.47 Å². The first-order valence-corrected chi connectivity index (χ1v) is 15.2. The molecule has 0 spiro atoms. The second-order valence-corrected chi connectivity index (χ2v) is 12.5. The van der Waals surface area contributed by atoms with Gasteiger partial charge in [0.15, 0.2) is 5.78 Å². The number of carbonyl (C=O) groups is 2. The average Bonchev–Trinajstić information content (AvgIpc) is 2.97. The van der Waals surface area contributed by atoms with E-state index in [9.17, 15) is 9.59 Å². The summed E-state index contributed by atoms with van der Waals surface area (Å²) in [6.07, 6.45) is 5.16. The van der Waals surface area contributed by atoms with Crippen LogP contribution in [0.1, 0.15) is 125 Å². The minimum atomic E-state index is -0.440. The van der Waals surface area contributed by atoms with Crippen LogP contribution in [0.4, 0.5) is 0 Å². The number of hydrogen-bond acceptors (Lipinski definition) is 4. The van der Waals surface area contributed by atoms with E-state index in [1.165, 1.54) is 17.5 Å². The number of hydrogen-bond donors (Lipinski definition) is 0. The lowest BCUT2D eigenvalue weighted by molar-refractivity contribution is 0.0733. The van der Waals surface area contributed by atoms with Crippen LogP contribution >= 0.6 is 0 Å². The lowest BCUT2D eigenvalue weighted by Crippen LogP contribution is -2.26. The van der Waals surface area contributed by atoms with Crippen LogP contribution in [0, 0.1) is 11.3 Å². The van der Waals surface area contributed by atoms with E-state index in [-0.39, 0.29) is 17.3 Å². The molecule has 0 aliphatic rings. The molecule has 0 heterocycles. The van der Waals surface area contributed by atoms with Crippen LogP contribution in [0.5, 0.6) is 11.5 Å². The van der Waals surface area contributed by atoms with Gasteiger partial charge in [0.05, 0.1) is 5.56 Å². The molecule has 3 rings (SSSR count). The molecule has 0 bridgehead atoms. The van der Waals surface area contributed by atoms with E-state index in [0.29, 0.717) is 22.8 Å². The van der Waals surface area contributed by atoms with Crippen LogP contribution < -0.4 is 9.47 Å². The zero-order chi connectivity index (χ0) is 30.2. The quantitative estimate of drug-likeness (QED) is 0.113. The fourth-order valence-corrected chi connectivity index (χ4v) is 4.89. The van der Waals surface area contributed by atoms with Gasteiger partial charge in [-0.2, -0.15) is 0 Å². The summed E-state index contributed by atoms with van der Waals surface area (Å²) in [5.41, 5.74) is 2.83. The van der Waals surface area contributed by atoms with E-state index in [2.05, 4.69) is 71.0 Å². The van der Waals surface area contributed by atoms with Crippen LogP contribution in [0.2, 0.25) is 0 Å². The lowest BCUT2D eigenvalue weighted by Gasteiger charge is -2.27.